The summed E-state index contributed by atoms with van der Waals surface area (Å²) < 4.78 is 16.7. The Morgan fingerprint density at radius 3 is 0.966 bits per heavy atom. The average molecular weight is 827 g/mol. The first-order valence-electron chi connectivity index (χ1n) is 25.1. The van der Waals surface area contributed by atoms with E-state index < -0.39 is 6.10 Å². The molecule has 0 aliphatic rings. The first-order valence-corrected chi connectivity index (χ1v) is 25.1. The Morgan fingerprint density at radius 1 is 0.339 bits per heavy atom. The Hall–Kier alpha value is -2.63. The molecule has 342 valence electrons. The highest BCUT2D eigenvalue weighted by Crippen LogP contribution is 2.14. The van der Waals surface area contributed by atoms with Gasteiger partial charge in [0.05, 0.1) is 0 Å². The third-order valence-electron chi connectivity index (χ3n) is 10.8. The number of allylic oxidation sites excluding steroid dienone is 8. The van der Waals surface area contributed by atoms with Crippen molar-refractivity contribution in [3.05, 3.63) is 48.6 Å². The third kappa shape index (κ3) is 46.3. The molecule has 1 atom stereocenters. The van der Waals surface area contributed by atoms with E-state index in [-0.39, 0.29) is 31.1 Å². The standard InChI is InChI=1S/C53H94O6/c1-4-7-10-13-16-19-21-23-25-26-28-29-31-34-37-40-43-46-52(55)58-49-50(48-57-51(54)45-42-39-36-33-18-15-12-9-6-3)59-53(56)47-44-41-38-35-32-30-27-24-22-20-17-14-11-8-5-2/h16-17,19-20,23-25,27,50H,4-15,18,21-22,26,28-49H2,1-3H3/b19-16-,20-17-,25-23-,27-24-/t50-/m1/s1. The zero-order chi connectivity index (χ0) is 43.0. The van der Waals surface area contributed by atoms with E-state index in [9.17, 15) is 14.4 Å². The van der Waals surface area contributed by atoms with E-state index in [4.69, 9.17) is 14.2 Å². The van der Waals surface area contributed by atoms with Crippen molar-refractivity contribution in [3.8, 4) is 0 Å². The van der Waals surface area contributed by atoms with Crippen LogP contribution < -0.4 is 0 Å². The Bertz CT molecular complexity index is 1040. The third-order valence-corrected chi connectivity index (χ3v) is 10.8. The van der Waals surface area contributed by atoms with Gasteiger partial charge in [-0.15, -0.1) is 0 Å². The van der Waals surface area contributed by atoms with Crippen molar-refractivity contribution in [1.29, 1.82) is 0 Å². The van der Waals surface area contributed by atoms with Crippen molar-refractivity contribution in [3.63, 3.8) is 0 Å². The minimum Gasteiger partial charge on any atom is -0.462 e. The van der Waals surface area contributed by atoms with E-state index in [1.165, 1.54) is 116 Å². The molecule has 6 heteroatoms. The van der Waals surface area contributed by atoms with Crippen LogP contribution in [-0.4, -0.2) is 37.2 Å². The van der Waals surface area contributed by atoms with Gasteiger partial charge in [0.15, 0.2) is 6.10 Å². The molecule has 0 saturated heterocycles. The lowest BCUT2D eigenvalue weighted by Crippen LogP contribution is -2.30. The van der Waals surface area contributed by atoms with Crippen LogP contribution in [0.15, 0.2) is 48.6 Å². The summed E-state index contributed by atoms with van der Waals surface area (Å²) in [7, 11) is 0. The predicted molar refractivity (Wildman–Crippen MR) is 252 cm³/mol. The SMILES string of the molecule is CCCCC/C=C\C/C=C\CCCCCCCCCC(=O)OC[C@@H](COC(=O)CCCCCCCCCCC)OC(=O)CCCCCCC/C=C\C/C=C\CCCCC. The molecular formula is C53H94O6. The van der Waals surface area contributed by atoms with Gasteiger partial charge in [0.2, 0.25) is 0 Å². The zero-order valence-corrected chi connectivity index (χ0v) is 39.0. The van der Waals surface area contributed by atoms with E-state index in [1.807, 2.05) is 0 Å². The van der Waals surface area contributed by atoms with Crippen molar-refractivity contribution in [2.24, 2.45) is 0 Å². The summed E-state index contributed by atoms with van der Waals surface area (Å²) in [5.41, 5.74) is 0. The number of unbranched alkanes of at least 4 members (excludes halogenated alkanes) is 26. The minimum atomic E-state index is -0.779. The number of hydrogen-bond acceptors (Lipinski definition) is 6. The molecule has 0 rings (SSSR count). The number of hydrogen-bond donors (Lipinski definition) is 0. The van der Waals surface area contributed by atoms with Crippen LogP contribution in [0.1, 0.15) is 252 Å². The molecule has 0 spiro atoms. The highest BCUT2D eigenvalue weighted by Gasteiger charge is 2.19. The molecule has 0 aromatic heterocycles. The number of carbonyl (C=O) groups is 3. The topological polar surface area (TPSA) is 78.9 Å². The minimum absolute atomic E-state index is 0.0799. The lowest BCUT2D eigenvalue weighted by atomic mass is 10.1. The molecule has 59 heavy (non-hydrogen) atoms. The maximum absolute atomic E-state index is 12.8. The summed E-state index contributed by atoms with van der Waals surface area (Å²) in [4.78, 5) is 37.8. The summed E-state index contributed by atoms with van der Waals surface area (Å²) >= 11 is 0. The highest BCUT2D eigenvalue weighted by atomic mass is 16.6. The van der Waals surface area contributed by atoms with Gasteiger partial charge < -0.3 is 14.2 Å². The average Bonchev–Trinajstić information content (AvgIpc) is 3.23. The molecule has 0 unspecified atom stereocenters. The number of carbonyl (C=O) groups excluding carboxylic acids is 3. The number of rotatable bonds is 45. The maximum atomic E-state index is 12.8. The molecule has 0 N–H and O–H groups in total. The van der Waals surface area contributed by atoms with Gasteiger partial charge in [-0.1, -0.05) is 198 Å². The van der Waals surface area contributed by atoms with Crippen LogP contribution >= 0.6 is 0 Å². The first kappa shape index (κ1) is 56.4. The fourth-order valence-corrected chi connectivity index (χ4v) is 6.97. The Balaban J connectivity index is 4.35. The van der Waals surface area contributed by atoms with Crippen LogP contribution in [-0.2, 0) is 28.6 Å². The van der Waals surface area contributed by atoms with Crippen LogP contribution in [0.5, 0.6) is 0 Å². The van der Waals surface area contributed by atoms with Gasteiger partial charge in [0.1, 0.15) is 13.2 Å². The molecule has 0 saturated carbocycles. The summed E-state index contributed by atoms with van der Waals surface area (Å²) in [6, 6.07) is 0. The molecule has 0 amide bonds. The molecular weight excluding hydrogens is 733 g/mol. The van der Waals surface area contributed by atoms with E-state index in [0.717, 1.165) is 96.3 Å². The molecule has 0 radical (unpaired) electrons. The summed E-state index contributed by atoms with van der Waals surface area (Å²) in [6.45, 7) is 6.55. The maximum Gasteiger partial charge on any atom is 0.306 e. The second-order valence-corrected chi connectivity index (χ2v) is 16.7. The molecule has 0 heterocycles. The fourth-order valence-electron chi connectivity index (χ4n) is 6.97. The second-order valence-electron chi connectivity index (χ2n) is 16.7. The summed E-state index contributed by atoms with van der Waals surface area (Å²) in [5.74, 6) is -0.900. The second kappa shape index (κ2) is 48.0. The summed E-state index contributed by atoms with van der Waals surface area (Å²) in [6.07, 6.45) is 56.6. The molecule has 0 aromatic rings. The zero-order valence-electron chi connectivity index (χ0n) is 39.0. The highest BCUT2D eigenvalue weighted by molar-refractivity contribution is 5.71. The first-order chi connectivity index (χ1) is 29.0. The van der Waals surface area contributed by atoms with Crippen LogP contribution in [0, 0.1) is 0 Å². The van der Waals surface area contributed by atoms with Gasteiger partial charge in [0, 0.05) is 19.3 Å². The molecule has 0 fully saturated rings. The van der Waals surface area contributed by atoms with E-state index in [0.29, 0.717) is 19.3 Å². The van der Waals surface area contributed by atoms with Gasteiger partial charge in [0.25, 0.3) is 0 Å². The number of ether oxygens (including phenoxy) is 3. The van der Waals surface area contributed by atoms with Crippen LogP contribution in [0.2, 0.25) is 0 Å². The quantitative estimate of drug-likeness (QED) is 0.0263. The monoisotopic (exact) mass is 827 g/mol. The molecule has 0 bridgehead atoms. The van der Waals surface area contributed by atoms with Crippen LogP contribution in [0.25, 0.3) is 0 Å². The van der Waals surface area contributed by atoms with E-state index >= 15 is 0 Å². The predicted octanol–water partition coefficient (Wildman–Crippen LogP) is 16.3. The molecule has 0 aliphatic carbocycles. The van der Waals surface area contributed by atoms with Crippen molar-refractivity contribution in [2.45, 2.75) is 258 Å². The fraction of sp³-hybridized carbons (Fsp3) is 0.792. The lowest BCUT2D eigenvalue weighted by Gasteiger charge is -2.18. The Morgan fingerprint density at radius 2 is 0.610 bits per heavy atom. The van der Waals surface area contributed by atoms with Crippen molar-refractivity contribution < 1.29 is 28.6 Å². The largest absolute Gasteiger partial charge is 0.462 e. The van der Waals surface area contributed by atoms with Crippen molar-refractivity contribution in [2.75, 3.05) is 13.2 Å². The van der Waals surface area contributed by atoms with Crippen molar-refractivity contribution in [1.82, 2.24) is 0 Å². The normalized spacial score (nSPS) is 12.4. The van der Waals surface area contributed by atoms with Crippen LogP contribution in [0.3, 0.4) is 0 Å². The smallest absolute Gasteiger partial charge is 0.306 e. The lowest BCUT2D eigenvalue weighted by molar-refractivity contribution is -0.167. The van der Waals surface area contributed by atoms with Gasteiger partial charge in [-0.05, 0) is 83.5 Å². The number of esters is 3. The van der Waals surface area contributed by atoms with Gasteiger partial charge >= 0.3 is 17.9 Å². The molecule has 6 nitrogen and oxygen atoms in total. The van der Waals surface area contributed by atoms with E-state index in [1.54, 1.807) is 0 Å². The molecule has 0 aliphatic heterocycles. The van der Waals surface area contributed by atoms with Gasteiger partial charge in [-0.3, -0.25) is 14.4 Å². The van der Waals surface area contributed by atoms with Crippen LogP contribution in [0.4, 0.5) is 0 Å². The Kier molecular flexibility index (Phi) is 45.9. The van der Waals surface area contributed by atoms with E-state index in [2.05, 4.69) is 69.4 Å². The van der Waals surface area contributed by atoms with Gasteiger partial charge in [-0.2, -0.15) is 0 Å². The van der Waals surface area contributed by atoms with Crippen molar-refractivity contribution >= 4 is 17.9 Å². The summed E-state index contributed by atoms with van der Waals surface area (Å²) in [5, 5.41) is 0. The molecule has 0 aromatic carbocycles. The van der Waals surface area contributed by atoms with Gasteiger partial charge in [-0.25, -0.2) is 0 Å². The Labute approximate surface area is 365 Å².